The van der Waals surface area contributed by atoms with E-state index in [0.717, 1.165) is 0 Å². The highest BCUT2D eigenvalue weighted by atomic mass is 16.4. The Morgan fingerprint density at radius 1 is 0.732 bits per heavy atom. The van der Waals surface area contributed by atoms with Crippen molar-refractivity contribution >= 4 is 47.3 Å². The molecule has 0 aliphatic carbocycles. The number of carbonyl (C=O) groups excluding carboxylic acids is 7. The number of rotatable bonds is 27. The van der Waals surface area contributed by atoms with Crippen LogP contribution in [0.1, 0.15) is 98.3 Å². The second-order valence-electron chi connectivity index (χ2n) is 14.7. The summed E-state index contributed by atoms with van der Waals surface area (Å²) < 4.78 is 0. The molecular weight excluding hydrogens is 732 g/mol. The van der Waals surface area contributed by atoms with Gasteiger partial charge in [0.1, 0.15) is 42.3 Å². The molecule has 1 aliphatic heterocycles. The molecule has 1 heterocycles. The number of amides is 7. The lowest BCUT2D eigenvalue weighted by Crippen LogP contribution is -2.61. The number of carboxylic acid groups (broad SMARTS) is 1. The number of likely N-dealkylation sites (tertiary alicyclic amines) is 1. The van der Waals surface area contributed by atoms with Gasteiger partial charge in [-0.3, -0.25) is 33.6 Å². The maximum Gasteiger partial charge on any atom is 0.326 e. The molecule has 8 unspecified atom stereocenters. The summed E-state index contributed by atoms with van der Waals surface area (Å²) in [4.78, 5) is 106. The molecule has 1 aliphatic rings. The molecule has 1 fully saturated rings. The molecule has 0 bridgehead atoms. The van der Waals surface area contributed by atoms with E-state index in [1.54, 1.807) is 20.8 Å². The number of primary amides is 1. The fraction of sp³-hybridized carbons (Fsp3) is 0.778. The number of unbranched alkanes of at least 4 members (excludes halogenated alkanes) is 2. The van der Waals surface area contributed by atoms with Gasteiger partial charge in [-0.1, -0.05) is 34.1 Å². The Kier molecular flexibility index (Phi) is 22.8. The van der Waals surface area contributed by atoms with Gasteiger partial charge in [-0.05, 0) is 82.7 Å². The highest BCUT2D eigenvalue weighted by molar-refractivity contribution is 5.97. The Morgan fingerprint density at radius 2 is 1.29 bits per heavy atom. The minimum absolute atomic E-state index is 0.137. The maximum atomic E-state index is 13.9. The van der Waals surface area contributed by atoms with E-state index in [4.69, 9.17) is 22.9 Å². The van der Waals surface area contributed by atoms with Crippen LogP contribution in [-0.4, -0.2) is 131 Å². The van der Waals surface area contributed by atoms with E-state index in [2.05, 4.69) is 26.6 Å². The largest absolute Gasteiger partial charge is 0.480 e. The molecule has 20 nitrogen and oxygen atoms in total. The van der Waals surface area contributed by atoms with Crippen LogP contribution in [-0.2, 0) is 38.4 Å². The molecular formula is C36H66N10O10. The van der Waals surface area contributed by atoms with E-state index in [0.29, 0.717) is 51.6 Å². The van der Waals surface area contributed by atoms with Gasteiger partial charge in [-0.2, -0.15) is 0 Å². The minimum atomic E-state index is -1.33. The zero-order valence-electron chi connectivity index (χ0n) is 33.2. The topological polar surface area (TPSA) is 344 Å². The van der Waals surface area contributed by atoms with Gasteiger partial charge in [0, 0.05) is 13.0 Å². The third-order valence-electron chi connectivity index (χ3n) is 9.85. The van der Waals surface area contributed by atoms with Crippen LogP contribution in [0.25, 0.3) is 0 Å². The Bertz CT molecular complexity index is 1340. The lowest BCUT2D eigenvalue weighted by molar-refractivity contribution is -0.143. The van der Waals surface area contributed by atoms with Crippen molar-refractivity contribution in [2.24, 2.45) is 34.8 Å². The monoisotopic (exact) mass is 798 g/mol. The van der Waals surface area contributed by atoms with Crippen molar-refractivity contribution in [3.8, 4) is 0 Å². The van der Waals surface area contributed by atoms with Gasteiger partial charge in [0.2, 0.25) is 41.4 Å². The number of nitrogens with two attached hydrogens (primary N) is 4. The molecule has 8 atom stereocenters. The molecule has 1 rings (SSSR count). The molecule has 56 heavy (non-hydrogen) atoms. The predicted octanol–water partition coefficient (Wildman–Crippen LogP) is -2.97. The lowest BCUT2D eigenvalue weighted by Gasteiger charge is -2.31. The Morgan fingerprint density at radius 3 is 1.80 bits per heavy atom. The molecule has 0 saturated carbocycles. The molecule has 15 N–H and O–H groups in total. The SMILES string of the molecule is CCC(C)C(NC(=O)C(CCCCN)NC(=O)C1CCCN1C(=O)C(CCC(N)=O)NC(=O)C(N)CO)C(=O)NC(C(=O)NC(CCCCN)C(=O)O)C(C)C. The molecule has 0 radical (unpaired) electrons. The summed E-state index contributed by atoms with van der Waals surface area (Å²) in [6.07, 6.45) is 2.94. The van der Waals surface area contributed by atoms with Crippen molar-refractivity contribution in [2.75, 3.05) is 26.2 Å². The molecule has 0 aromatic carbocycles. The van der Waals surface area contributed by atoms with Gasteiger partial charge in [-0.25, -0.2) is 4.79 Å². The van der Waals surface area contributed by atoms with Crippen molar-refractivity contribution in [3.05, 3.63) is 0 Å². The molecule has 20 heteroatoms. The first-order valence-electron chi connectivity index (χ1n) is 19.5. The third-order valence-corrected chi connectivity index (χ3v) is 9.85. The van der Waals surface area contributed by atoms with Gasteiger partial charge in [0.05, 0.1) is 6.61 Å². The average molecular weight is 799 g/mol. The zero-order chi connectivity index (χ0) is 42.5. The van der Waals surface area contributed by atoms with Gasteiger partial charge < -0.3 is 64.6 Å². The first kappa shape index (κ1) is 49.6. The summed E-state index contributed by atoms with van der Waals surface area (Å²) in [5.41, 5.74) is 22.1. The van der Waals surface area contributed by atoms with Crippen LogP contribution in [0.5, 0.6) is 0 Å². The number of hydrogen-bond donors (Lipinski definition) is 11. The second-order valence-corrected chi connectivity index (χ2v) is 14.7. The van der Waals surface area contributed by atoms with Crippen LogP contribution in [0.2, 0.25) is 0 Å². The van der Waals surface area contributed by atoms with Crippen molar-refractivity contribution in [3.63, 3.8) is 0 Å². The van der Waals surface area contributed by atoms with Crippen molar-refractivity contribution < 1.29 is 48.6 Å². The van der Waals surface area contributed by atoms with Crippen molar-refractivity contribution in [1.29, 1.82) is 0 Å². The highest BCUT2D eigenvalue weighted by Crippen LogP contribution is 2.21. The predicted molar refractivity (Wildman–Crippen MR) is 206 cm³/mol. The van der Waals surface area contributed by atoms with Crippen LogP contribution in [0.3, 0.4) is 0 Å². The first-order chi connectivity index (χ1) is 26.4. The number of aliphatic hydroxyl groups is 1. The van der Waals surface area contributed by atoms with Crippen LogP contribution in [0, 0.1) is 11.8 Å². The van der Waals surface area contributed by atoms with Crippen molar-refractivity contribution in [2.45, 2.75) is 141 Å². The molecule has 320 valence electrons. The Balaban J connectivity index is 3.27. The summed E-state index contributed by atoms with van der Waals surface area (Å²) in [7, 11) is 0. The number of carbonyl (C=O) groups is 8. The molecule has 0 spiro atoms. The van der Waals surface area contributed by atoms with Crippen LogP contribution in [0.4, 0.5) is 0 Å². The summed E-state index contributed by atoms with van der Waals surface area (Å²) in [5, 5.41) is 32.0. The number of carboxylic acids is 1. The summed E-state index contributed by atoms with van der Waals surface area (Å²) in [5.74, 6) is -7.07. The first-order valence-corrected chi connectivity index (χ1v) is 19.5. The van der Waals surface area contributed by atoms with Crippen LogP contribution < -0.4 is 49.5 Å². The fourth-order valence-electron chi connectivity index (χ4n) is 6.18. The summed E-state index contributed by atoms with van der Waals surface area (Å²) in [6.45, 7) is 7.04. The van der Waals surface area contributed by atoms with Crippen molar-refractivity contribution in [1.82, 2.24) is 31.5 Å². The molecule has 1 saturated heterocycles. The number of nitrogens with one attached hydrogen (secondary N) is 5. The summed E-state index contributed by atoms with van der Waals surface area (Å²) >= 11 is 0. The average Bonchev–Trinajstić information content (AvgIpc) is 3.65. The van der Waals surface area contributed by atoms with Gasteiger partial charge in [0.15, 0.2) is 0 Å². The lowest BCUT2D eigenvalue weighted by atomic mass is 9.95. The third kappa shape index (κ3) is 16.4. The number of aliphatic hydroxyl groups excluding tert-OH is 1. The zero-order valence-corrected chi connectivity index (χ0v) is 33.2. The number of hydrogen-bond acceptors (Lipinski definition) is 12. The normalized spacial score (nSPS) is 17.7. The smallest absolute Gasteiger partial charge is 0.326 e. The Hall–Kier alpha value is -4.40. The molecule has 0 aromatic rings. The van der Waals surface area contributed by atoms with E-state index in [1.807, 2.05) is 6.92 Å². The quantitative estimate of drug-likeness (QED) is 0.0371. The van der Waals surface area contributed by atoms with E-state index in [1.165, 1.54) is 4.90 Å². The molecule has 7 amide bonds. The maximum absolute atomic E-state index is 13.9. The van der Waals surface area contributed by atoms with Crippen LogP contribution in [0.15, 0.2) is 0 Å². The molecule has 0 aromatic heterocycles. The minimum Gasteiger partial charge on any atom is -0.480 e. The summed E-state index contributed by atoms with van der Waals surface area (Å²) in [6, 6.07) is -8.29. The van der Waals surface area contributed by atoms with Gasteiger partial charge in [0.25, 0.3) is 0 Å². The fourth-order valence-corrected chi connectivity index (χ4v) is 6.18. The second kappa shape index (κ2) is 25.7. The van der Waals surface area contributed by atoms with Crippen LogP contribution >= 0.6 is 0 Å². The van der Waals surface area contributed by atoms with E-state index in [-0.39, 0.29) is 38.6 Å². The van der Waals surface area contributed by atoms with Gasteiger partial charge in [-0.15, -0.1) is 0 Å². The van der Waals surface area contributed by atoms with E-state index in [9.17, 15) is 48.6 Å². The standard InChI is InChI=1S/C36H66N10O10/c1-5-21(4)29(34(53)44-28(20(2)3)33(52)43-25(36(55)56)12-7-9-17-38)45-31(50)23(11-6-8-16-37)41-32(51)26-13-10-18-46(26)35(54)24(14-15-27(40)48)42-30(49)22(39)19-47/h20-26,28-29,47H,5-19,37-39H2,1-4H3,(H2,40,48)(H,41,51)(H,42,49)(H,43,52)(H,44,53)(H,45,50)(H,55,56). The highest BCUT2D eigenvalue weighted by Gasteiger charge is 2.40. The number of aliphatic carboxylic acids is 1. The van der Waals surface area contributed by atoms with E-state index >= 15 is 0 Å². The van der Waals surface area contributed by atoms with E-state index < -0.39 is 108 Å². The van der Waals surface area contributed by atoms with Gasteiger partial charge >= 0.3 is 5.97 Å². The Labute approximate surface area is 328 Å². The number of nitrogens with zero attached hydrogens (tertiary/aromatic N) is 1.